The quantitative estimate of drug-likeness (QED) is 0.754. The number of rotatable bonds is 3. The molecule has 0 amide bonds. The lowest BCUT2D eigenvalue weighted by Gasteiger charge is -2.05. The number of carbonyl (C=O) groups is 1. The van der Waals surface area contributed by atoms with Gasteiger partial charge in [0.15, 0.2) is 0 Å². The molecule has 0 radical (unpaired) electrons. The molecular weight excluding hydrogens is 181 g/mol. The summed E-state index contributed by atoms with van der Waals surface area (Å²) in [5.41, 5.74) is 5.71. The van der Waals surface area contributed by atoms with Crippen molar-refractivity contribution in [2.75, 3.05) is 0 Å². The molecule has 0 aliphatic carbocycles. The van der Waals surface area contributed by atoms with Gasteiger partial charge in [-0.05, 0) is 5.38 Å². The summed E-state index contributed by atoms with van der Waals surface area (Å²) in [4.78, 5) is 10.2. The molecule has 1 aromatic heterocycles. The Morgan fingerprint density at radius 2 is 2.42 bits per heavy atom. The van der Waals surface area contributed by atoms with Gasteiger partial charge in [0.05, 0.1) is 6.42 Å². The van der Waals surface area contributed by atoms with Gasteiger partial charge in [-0.1, -0.05) is 0 Å². The predicted molar refractivity (Wildman–Crippen MR) is 43.5 cm³/mol. The highest BCUT2D eigenvalue weighted by atomic mass is 32.1. The molecule has 0 saturated heterocycles. The summed E-state index contributed by atoms with van der Waals surface area (Å²) in [5.74, 6) is -1.44. The third-order valence-electron chi connectivity index (χ3n) is 1.44. The van der Waals surface area contributed by atoms with Crippen LogP contribution in [0.3, 0.4) is 0 Å². The Kier molecular flexibility index (Phi) is 2.78. The van der Waals surface area contributed by atoms with Crippen LogP contribution in [0, 0.1) is 5.82 Å². The number of carboxylic acids is 1. The Labute approximate surface area is 72.6 Å². The van der Waals surface area contributed by atoms with E-state index in [2.05, 4.69) is 0 Å². The molecule has 0 fully saturated rings. The molecule has 3 nitrogen and oxygen atoms in total. The Bertz CT molecular complexity index is 287. The molecule has 3 N–H and O–H groups in total. The molecule has 1 aromatic rings. The summed E-state index contributed by atoms with van der Waals surface area (Å²) < 4.78 is 12.8. The lowest BCUT2D eigenvalue weighted by molar-refractivity contribution is -0.137. The van der Waals surface area contributed by atoms with E-state index in [1.54, 1.807) is 0 Å². The Morgan fingerprint density at radius 1 is 1.75 bits per heavy atom. The van der Waals surface area contributed by atoms with Crippen molar-refractivity contribution in [1.82, 2.24) is 0 Å². The fraction of sp³-hybridized carbons (Fsp3) is 0.286. The normalized spacial score (nSPS) is 12.8. The van der Waals surface area contributed by atoms with Crippen LogP contribution in [0.4, 0.5) is 4.39 Å². The smallest absolute Gasteiger partial charge is 0.305 e. The monoisotopic (exact) mass is 189 g/mol. The topological polar surface area (TPSA) is 63.3 Å². The van der Waals surface area contributed by atoms with E-state index in [1.165, 1.54) is 22.1 Å². The first kappa shape index (κ1) is 9.15. The number of aliphatic carboxylic acids is 1. The maximum atomic E-state index is 12.8. The number of thiophene rings is 1. The molecule has 0 aliphatic rings. The predicted octanol–water partition coefficient (Wildman–Crippen LogP) is 1.36. The lowest BCUT2D eigenvalue weighted by atomic mass is 10.1. The van der Waals surface area contributed by atoms with Crippen LogP contribution in [0.25, 0.3) is 0 Å². The van der Waals surface area contributed by atoms with Gasteiger partial charge >= 0.3 is 5.97 Å². The highest BCUT2D eigenvalue weighted by Crippen LogP contribution is 2.21. The van der Waals surface area contributed by atoms with Crippen LogP contribution >= 0.6 is 11.3 Å². The van der Waals surface area contributed by atoms with Crippen LogP contribution in [0.1, 0.15) is 18.0 Å². The molecule has 5 heteroatoms. The maximum absolute atomic E-state index is 12.8. The van der Waals surface area contributed by atoms with E-state index in [0.29, 0.717) is 0 Å². The van der Waals surface area contributed by atoms with Gasteiger partial charge in [-0.3, -0.25) is 4.79 Å². The third kappa shape index (κ3) is 2.02. The molecule has 0 saturated carbocycles. The van der Waals surface area contributed by atoms with Crippen LogP contribution in [0.5, 0.6) is 0 Å². The Balaban J connectivity index is 2.71. The van der Waals surface area contributed by atoms with Crippen molar-refractivity contribution in [3.05, 3.63) is 22.1 Å². The van der Waals surface area contributed by atoms with Crippen LogP contribution < -0.4 is 5.73 Å². The fourth-order valence-corrected chi connectivity index (χ4v) is 1.61. The van der Waals surface area contributed by atoms with Gasteiger partial charge < -0.3 is 10.8 Å². The van der Waals surface area contributed by atoms with E-state index in [-0.39, 0.29) is 12.0 Å². The average Bonchev–Trinajstić information content (AvgIpc) is 2.33. The maximum Gasteiger partial charge on any atom is 0.305 e. The van der Waals surface area contributed by atoms with Crippen molar-refractivity contribution < 1.29 is 14.3 Å². The summed E-state index contributed by atoms with van der Waals surface area (Å²) in [5, 5.41) is 11.2. The third-order valence-corrected chi connectivity index (χ3v) is 2.17. The summed E-state index contributed by atoms with van der Waals surface area (Å²) in [6.45, 7) is 0. The summed E-state index contributed by atoms with van der Waals surface area (Å²) >= 11 is 1.17. The van der Waals surface area contributed by atoms with E-state index in [9.17, 15) is 9.18 Å². The summed E-state index contributed by atoms with van der Waals surface area (Å²) in [7, 11) is 0. The van der Waals surface area contributed by atoms with Crippen LogP contribution in [-0.4, -0.2) is 11.1 Å². The zero-order valence-electron chi connectivity index (χ0n) is 6.16. The molecule has 12 heavy (non-hydrogen) atoms. The second kappa shape index (κ2) is 3.64. The van der Waals surface area contributed by atoms with Crippen molar-refractivity contribution >= 4 is 17.3 Å². The molecule has 1 rings (SSSR count). The van der Waals surface area contributed by atoms with E-state index < -0.39 is 17.8 Å². The Hall–Kier alpha value is -0.940. The van der Waals surface area contributed by atoms with Crippen molar-refractivity contribution in [2.45, 2.75) is 12.5 Å². The lowest BCUT2D eigenvalue weighted by Crippen LogP contribution is -2.15. The molecule has 1 heterocycles. The van der Waals surface area contributed by atoms with Gasteiger partial charge in [-0.25, -0.2) is 4.39 Å². The molecule has 0 bridgehead atoms. The van der Waals surface area contributed by atoms with Gasteiger partial charge in [0.1, 0.15) is 5.82 Å². The molecular formula is C7H8FNO2S. The van der Waals surface area contributed by atoms with Crippen LogP contribution in [0.15, 0.2) is 10.8 Å². The first-order valence-electron chi connectivity index (χ1n) is 3.30. The number of carboxylic acid groups (broad SMARTS) is 1. The molecule has 1 atom stereocenters. The highest BCUT2D eigenvalue weighted by molar-refractivity contribution is 7.08. The number of hydrogen-bond acceptors (Lipinski definition) is 3. The van der Waals surface area contributed by atoms with Gasteiger partial charge in [0, 0.05) is 17.0 Å². The summed E-state index contributed by atoms with van der Waals surface area (Å²) in [6.07, 6.45) is -0.242. The minimum atomic E-state index is -1.02. The van der Waals surface area contributed by atoms with Gasteiger partial charge in [0.25, 0.3) is 0 Å². The highest BCUT2D eigenvalue weighted by Gasteiger charge is 2.14. The molecule has 0 aliphatic heterocycles. The first-order valence-corrected chi connectivity index (χ1v) is 4.24. The van der Waals surface area contributed by atoms with Crippen LogP contribution in [-0.2, 0) is 4.79 Å². The summed E-state index contributed by atoms with van der Waals surface area (Å²) in [6, 6.07) is -0.742. The van der Waals surface area contributed by atoms with Crippen molar-refractivity contribution in [3.8, 4) is 0 Å². The van der Waals surface area contributed by atoms with Crippen LogP contribution in [0.2, 0.25) is 0 Å². The zero-order chi connectivity index (χ0) is 9.14. The minimum absolute atomic E-state index is 0.242. The molecule has 0 unspecified atom stereocenters. The van der Waals surface area contributed by atoms with Crippen molar-refractivity contribution in [2.24, 2.45) is 5.73 Å². The van der Waals surface area contributed by atoms with Gasteiger partial charge in [-0.15, -0.1) is 11.3 Å². The number of hydrogen-bond donors (Lipinski definition) is 2. The van der Waals surface area contributed by atoms with Gasteiger partial charge in [-0.2, -0.15) is 0 Å². The SMILES string of the molecule is N[C@H](CC(=O)O)c1cscc1F. The molecule has 0 aromatic carbocycles. The average molecular weight is 189 g/mol. The Morgan fingerprint density at radius 3 is 2.83 bits per heavy atom. The number of nitrogens with two attached hydrogens (primary N) is 1. The van der Waals surface area contributed by atoms with E-state index in [0.717, 1.165) is 0 Å². The molecule has 66 valence electrons. The van der Waals surface area contributed by atoms with Crippen molar-refractivity contribution in [1.29, 1.82) is 0 Å². The van der Waals surface area contributed by atoms with E-state index in [1.807, 2.05) is 0 Å². The standard InChI is InChI=1S/C7H8FNO2S/c8-5-3-12-2-4(5)6(9)1-7(10)11/h2-3,6H,1,9H2,(H,10,11)/t6-/m1/s1. The van der Waals surface area contributed by atoms with Gasteiger partial charge in [0.2, 0.25) is 0 Å². The van der Waals surface area contributed by atoms with E-state index in [4.69, 9.17) is 10.8 Å². The largest absolute Gasteiger partial charge is 0.481 e. The molecule has 0 spiro atoms. The fourth-order valence-electron chi connectivity index (χ4n) is 0.854. The zero-order valence-corrected chi connectivity index (χ0v) is 6.97. The first-order chi connectivity index (χ1) is 5.61. The van der Waals surface area contributed by atoms with Crippen molar-refractivity contribution in [3.63, 3.8) is 0 Å². The van der Waals surface area contributed by atoms with E-state index >= 15 is 0 Å². The number of halogens is 1. The second-order valence-electron chi connectivity index (χ2n) is 2.38. The second-order valence-corrected chi connectivity index (χ2v) is 3.12. The minimum Gasteiger partial charge on any atom is -0.481 e.